The molecule has 1 heterocycles. The highest BCUT2D eigenvalue weighted by molar-refractivity contribution is 5.57. The average molecular weight is 193 g/mol. The van der Waals surface area contributed by atoms with Crippen LogP contribution in [0.25, 0.3) is 0 Å². The molecule has 4 nitrogen and oxygen atoms in total. The minimum atomic E-state index is 0.372. The Hall–Kier alpha value is -1.29. The molecule has 14 heavy (non-hydrogen) atoms. The number of hydrogen-bond donors (Lipinski definition) is 2. The predicted molar refractivity (Wildman–Crippen MR) is 55.3 cm³/mol. The van der Waals surface area contributed by atoms with E-state index in [2.05, 4.69) is 10.3 Å². The van der Waals surface area contributed by atoms with Gasteiger partial charge in [0, 0.05) is 19.8 Å². The number of nitrogens with one attached hydrogen (secondary N) is 1. The van der Waals surface area contributed by atoms with Gasteiger partial charge >= 0.3 is 0 Å². The maximum absolute atomic E-state index is 5.76. The molecule has 1 aliphatic rings. The summed E-state index contributed by atoms with van der Waals surface area (Å²) in [6.45, 7) is 0.414. The summed E-state index contributed by atoms with van der Waals surface area (Å²) in [5, 5.41) is 3.08. The number of pyridine rings is 1. The summed E-state index contributed by atoms with van der Waals surface area (Å²) in [6.07, 6.45) is 4.40. The van der Waals surface area contributed by atoms with Crippen molar-refractivity contribution in [3.8, 4) is 5.75 Å². The zero-order chi connectivity index (χ0) is 9.97. The summed E-state index contributed by atoms with van der Waals surface area (Å²) in [5.41, 5.74) is 7.39. The highest BCUT2D eigenvalue weighted by Crippen LogP contribution is 2.33. The van der Waals surface area contributed by atoms with Gasteiger partial charge in [-0.15, -0.1) is 0 Å². The fraction of sp³-hybridized carbons (Fsp3) is 0.500. The highest BCUT2D eigenvalue weighted by Gasteiger charge is 2.25. The SMILES string of the molecule is CNc1ccnc(CN)c1OC1CC1. The van der Waals surface area contributed by atoms with E-state index in [0.29, 0.717) is 12.6 Å². The summed E-state index contributed by atoms with van der Waals surface area (Å²) in [6, 6.07) is 1.90. The Morgan fingerprint density at radius 2 is 2.43 bits per heavy atom. The van der Waals surface area contributed by atoms with E-state index in [-0.39, 0.29) is 0 Å². The second-order valence-electron chi connectivity index (χ2n) is 3.41. The Labute approximate surface area is 83.5 Å². The van der Waals surface area contributed by atoms with Gasteiger partial charge in [0.25, 0.3) is 0 Å². The van der Waals surface area contributed by atoms with Gasteiger partial charge in [-0.05, 0) is 18.9 Å². The summed E-state index contributed by atoms with van der Waals surface area (Å²) in [5.74, 6) is 0.819. The van der Waals surface area contributed by atoms with E-state index in [4.69, 9.17) is 10.5 Å². The molecular weight excluding hydrogens is 178 g/mol. The van der Waals surface area contributed by atoms with E-state index in [9.17, 15) is 0 Å². The Morgan fingerprint density at radius 1 is 1.64 bits per heavy atom. The van der Waals surface area contributed by atoms with Crippen molar-refractivity contribution in [1.29, 1.82) is 0 Å². The van der Waals surface area contributed by atoms with Crippen LogP contribution in [0.2, 0.25) is 0 Å². The van der Waals surface area contributed by atoms with Crippen LogP contribution in [-0.2, 0) is 6.54 Å². The molecule has 3 N–H and O–H groups in total. The predicted octanol–water partition coefficient (Wildman–Crippen LogP) is 1.12. The van der Waals surface area contributed by atoms with Crippen LogP contribution in [0.15, 0.2) is 12.3 Å². The third kappa shape index (κ3) is 1.80. The Morgan fingerprint density at radius 3 is 3.00 bits per heavy atom. The molecule has 0 atom stereocenters. The summed E-state index contributed by atoms with van der Waals surface area (Å²) in [4.78, 5) is 4.20. The van der Waals surface area contributed by atoms with Gasteiger partial charge in [-0.25, -0.2) is 0 Å². The van der Waals surface area contributed by atoms with Crippen LogP contribution in [0.1, 0.15) is 18.5 Å². The lowest BCUT2D eigenvalue weighted by molar-refractivity contribution is 0.300. The molecule has 0 radical (unpaired) electrons. The van der Waals surface area contributed by atoms with E-state index in [0.717, 1.165) is 30.0 Å². The lowest BCUT2D eigenvalue weighted by atomic mass is 10.3. The van der Waals surface area contributed by atoms with Crippen LogP contribution >= 0.6 is 0 Å². The standard InChI is InChI=1S/C10H15N3O/c1-12-8-4-5-13-9(6-11)10(8)14-7-2-3-7/h4-5,7H,2-3,6,11H2,1H3,(H,12,13). The molecule has 1 fully saturated rings. The quantitative estimate of drug-likeness (QED) is 0.752. The van der Waals surface area contributed by atoms with Crippen molar-refractivity contribution in [2.75, 3.05) is 12.4 Å². The second kappa shape index (κ2) is 3.84. The van der Waals surface area contributed by atoms with E-state index in [1.807, 2.05) is 13.1 Å². The summed E-state index contributed by atoms with van der Waals surface area (Å²) in [7, 11) is 1.87. The minimum absolute atomic E-state index is 0.372. The molecule has 2 rings (SSSR count). The van der Waals surface area contributed by atoms with Gasteiger partial charge in [0.05, 0.1) is 17.5 Å². The molecule has 0 amide bonds. The van der Waals surface area contributed by atoms with E-state index < -0.39 is 0 Å². The van der Waals surface area contributed by atoms with Gasteiger partial charge in [0.1, 0.15) is 0 Å². The molecule has 1 saturated carbocycles. The van der Waals surface area contributed by atoms with Crippen LogP contribution < -0.4 is 15.8 Å². The molecule has 1 aromatic heterocycles. The lowest BCUT2D eigenvalue weighted by Crippen LogP contribution is -2.08. The number of hydrogen-bond acceptors (Lipinski definition) is 4. The zero-order valence-electron chi connectivity index (χ0n) is 8.29. The number of nitrogens with two attached hydrogens (primary N) is 1. The first-order chi connectivity index (χ1) is 6.85. The third-order valence-corrected chi connectivity index (χ3v) is 2.25. The minimum Gasteiger partial charge on any atom is -0.486 e. The Bertz CT molecular complexity index is 301. The summed E-state index contributed by atoms with van der Waals surface area (Å²) >= 11 is 0. The molecule has 0 unspecified atom stereocenters. The number of ether oxygens (including phenoxy) is 1. The number of rotatable bonds is 4. The maximum Gasteiger partial charge on any atom is 0.165 e. The normalized spacial score (nSPS) is 15.3. The lowest BCUT2D eigenvalue weighted by Gasteiger charge is -2.13. The molecule has 76 valence electrons. The fourth-order valence-corrected chi connectivity index (χ4v) is 1.32. The van der Waals surface area contributed by atoms with Crippen molar-refractivity contribution >= 4 is 5.69 Å². The van der Waals surface area contributed by atoms with E-state index in [1.54, 1.807) is 6.20 Å². The molecule has 1 aliphatic carbocycles. The van der Waals surface area contributed by atoms with Crippen LogP contribution in [-0.4, -0.2) is 18.1 Å². The topological polar surface area (TPSA) is 60.2 Å². The van der Waals surface area contributed by atoms with Crippen LogP contribution in [0.5, 0.6) is 5.75 Å². The van der Waals surface area contributed by atoms with Crippen LogP contribution in [0.3, 0.4) is 0 Å². The van der Waals surface area contributed by atoms with Gasteiger partial charge in [0.2, 0.25) is 0 Å². The molecule has 4 heteroatoms. The molecule has 0 aliphatic heterocycles. The Balaban J connectivity index is 2.29. The highest BCUT2D eigenvalue weighted by atomic mass is 16.5. The monoisotopic (exact) mass is 193 g/mol. The fourth-order valence-electron chi connectivity index (χ4n) is 1.32. The maximum atomic E-state index is 5.76. The molecular formula is C10H15N3O. The number of nitrogens with zero attached hydrogens (tertiary/aromatic N) is 1. The molecule has 0 saturated heterocycles. The van der Waals surface area contributed by atoms with E-state index in [1.165, 1.54) is 0 Å². The van der Waals surface area contributed by atoms with Crippen molar-refractivity contribution in [2.45, 2.75) is 25.5 Å². The molecule has 0 spiro atoms. The van der Waals surface area contributed by atoms with Gasteiger partial charge in [-0.2, -0.15) is 0 Å². The van der Waals surface area contributed by atoms with E-state index >= 15 is 0 Å². The van der Waals surface area contributed by atoms with Gasteiger partial charge in [-0.3, -0.25) is 4.98 Å². The average Bonchev–Trinajstić information content (AvgIpc) is 3.02. The summed E-state index contributed by atoms with van der Waals surface area (Å²) < 4.78 is 5.76. The van der Waals surface area contributed by atoms with Crippen LogP contribution in [0, 0.1) is 0 Å². The largest absolute Gasteiger partial charge is 0.486 e. The number of aromatic nitrogens is 1. The van der Waals surface area contributed by atoms with Crippen LogP contribution in [0.4, 0.5) is 5.69 Å². The van der Waals surface area contributed by atoms with Crippen molar-refractivity contribution < 1.29 is 4.74 Å². The zero-order valence-corrected chi connectivity index (χ0v) is 8.29. The second-order valence-corrected chi connectivity index (χ2v) is 3.41. The van der Waals surface area contributed by atoms with Crippen molar-refractivity contribution in [1.82, 2.24) is 4.98 Å². The Kier molecular flexibility index (Phi) is 2.54. The van der Waals surface area contributed by atoms with Gasteiger partial charge in [0.15, 0.2) is 5.75 Å². The first-order valence-electron chi connectivity index (χ1n) is 4.87. The van der Waals surface area contributed by atoms with Crippen molar-refractivity contribution in [2.24, 2.45) is 5.73 Å². The van der Waals surface area contributed by atoms with Gasteiger partial charge < -0.3 is 15.8 Å². The molecule has 0 bridgehead atoms. The third-order valence-electron chi connectivity index (χ3n) is 2.25. The van der Waals surface area contributed by atoms with Crippen molar-refractivity contribution in [3.05, 3.63) is 18.0 Å². The first-order valence-corrected chi connectivity index (χ1v) is 4.87. The smallest absolute Gasteiger partial charge is 0.165 e. The number of anilines is 1. The van der Waals surface area contributed by atoms with Crippen molar-refractivity contribution in [3.63, 3.8) is 0 Å². The molecule has 1 aromatic rings. The molecule has 0 aromatic carbocycles. The van der Waals surface area contributed by atoms with Gasteiger partial charge in [-0.1, -0.05) is 0 Å². The first kappa shape index (κ1) is 9.27.